The molecule has 1 heterocycles. The number of nitrogens with zero attached hydrogens (tertiary/aromatic N) is 4. The number of aromatic nitrogens is 3. The molecule has 1 aromatic heterocycles. The van der Waals surface area contributed by atoms with E-state index in [1.807, 2.05) is 0 Å². The largest absolute Gasteiger partial charge is 0.368 e. The standard InChI is InChI=1S/C15H28N6/c1-3-10-21(11-4-2)15-19-13(16)18-14(20-15)17-12-8-6-5-7-9-12/h12H,3-11H2,1-2H3,(H3,16,17,18,19,20). The van der Waals surface area contributed by atoms with Gasteiger partial charge in [-0.1, -0.05) is 33.1 Å². The van der Waals surface area contributed by atoms with Gasteiger partial charge in [-0.25, -0.2) is 0 Å². The van der Waals surface area contributed by atoms with Crippen molar-refractivity contribution in [2.75, 3.05) is 29.0 Å². The van der Waals surface area contributed by atoms with E-state index in [0.717, 1.165) is 25.9 Å². The third-order valence-corrected chi connectivity index (χ3v) is 3.85. The van der Waals surface area contributed by atoms with Crippen molar-refractivity contribution in [3.8, 4) is 0 Å². The van der Waals surface area contributed by atoms with Crippen molar-refractivity contribution < 1.29 is 0 Å². The van der Waals surface area contributed by atoms with Gasteiger partial charge < -0.3 is 16.0 Å². The molecule has 6 nitrogen and oxygen atoms in total. The Morgan fingerprint density at radius 2 is 1.71 bits per heavy atom. The van der Waals surface area contributed by atoms with Gasteiger partial charge in [-0.3, -0.25) is 0 Å². The highest BCUT2D eigenvalue weighted by Gasteiger charge is 2.16. The van der Waals surface area contributed by atoms with Crippen molar-refractivity contribution in [3.05, 3.63) is 0 Å². The van der Waals surface area contributed by atoms with Gasteiger partial charge in [0, 0.05) is 19.1 Å². The van der Waals surface area contributed by atoms with Gasteiger partial charge in [-0.05, 0) is 25.7 Å². The molecule has 1 aromatic rings. The Morgan fingerprint density at radius 1 is 1.05 bits per heavy atom. The molecule has 21 heavy (non-hydrogen) atoms. The second-order valence-corrected chi connectivity index (χ2v) is 5.78. The monoisotopic (exact) mass is 292 g/mol. The van der Waals surface area contributed by atoms with Crippen LogP contribution in [0.1, 0.15) is 58.8 Å². The molecule has 0 atom stereocenters. The van der Waals surface area contributed by atoms with Crippen LogP contribution in [0.3, 0.4) is 0 Å². The molecular formula is C15H28N6. The topological polar surface area (TPSA) is 80.0 Å². The minimum Gasteiger partial charge on any atom is -0.368 e. The number of nitrogens with one attached hydrogen (secondary N) is 1. The fraction of sp³-hybridized carbons (Fsp3) is 0.800. The summed E-state index contributed by atoms with van der Waals surface area (Å²) >= 11 is 0. The Morgan fingerprint density at radius 3 is 2.33 bits per heavy atom. The molecule has 1 saturated carbocycles. The normalized spacial score (nSPS) is 15.9. The van der Waals surface area contributed by atoms with E-state index in [9.17, 15) is 0 Å². The van der Waals surface area contributed by atoms with Gasteiger partial charge in [0.25, 0.3) is 0 Å². The number of hydrogen-bond donors (Lipinski definition) is 2. The lowest BCUT2D eigenvalue weighted by atomic mass is 9.96. The first kappa shape index (κ1) is 15.8. The molecular weight excluding hydrogens is 264 g/mol. The lowest BCUT2D eigenvalue weighted by Crippen LogP contribution is -2.29. The lowest BCUT2D eigenvalue weighted by molar-refractivity contribution is 0.460. The third kappa shape index (κ3) is 4.72. The van der Waals surface area contributed by atoms with Crippen LogP contribution in [0.15, 0.2) is 0 Å². The molecule has 3 N–H and O–H groups in total. The molecule has 0 unspecified atom stereocenters. The average molecular weight is 292 g/mol. The number of rotatable bonds is 7. The zero-order valence-corrected chi connectivity index (χ0v) is 13.3. The van der Waals surface area contributed by atoms with Crippen LogP contribution in [0.25, 0.3) is 0 Å². The van der Waals surface area contributed by atoms with Crippen LogP contribution in [-0.2, 0) is 0 Å². The molecule has 118 valence electrons. The molecule has 0 radical (unpaired) electrons. The average Bonchev–Trinajstić information content (AvgIpc) is 2.47. The van der Waals surface area contributed by atoms with Crippen LogP contribution in [-0.4, -0.2) is 34.1 Å². The van der Waals surface area contributed by atoms with Crippen LogP contribution < -0.4 is 16.0 Å². The second-order valence-electron chi connectivity index (χ2n) is 5.78. The molecule has 0 spiro atoms. The van der Waals surface area contributed by atoms with E-state index in [2.05, 4.69) is 39.0 Å². The molecule has 1 aliphatic carbocycles. The van der Waals surface area contributed by atoms with Gasteiger partial charge in [-0.15, -0.1) is 0 Å². The number of anilines is 3. The van der Waals surface area contributed by atoms with Crippen LogP contribution in [0, 0.1) is 0 Å². The molecule has 2 rings (SSSR count). The van der Waals surface area contributed by atoms with Gasteiger partial charge in [-0.2, -0.15) is 15.0 Å². The quantitative estimate of drug-likeness (QED) is 0.804. The van der Waals surface area contributed by atoms with E-state index in [0.29, 0.717) is 23.9 Å². The lowest BCUT2D eigenvalue weighted by Gasteiger charge is -2.24. The molecule has 1 fully saturated rings. The van der Waals surface area contributed by atoms with Crippen molar-refractivity contribution in [1.82, 2.24) is 15.0 Å². The fourth-order valence-electron chi connectivity index (χ4n) is 2.87. The van der Waals surface area contributed by atoms with E-state index in [1.165, 1.54) is 32.1 Å². The number of nitrogen functional groups attached to an aromatic ring is 1. The van der Waals surface area contributed by atoms with E-state index < -0.39 is 0 Å². The van der Waals surface area contributed by atoms with Crippen molar-refractivity contribution >= 4 is 17.8 Å². The van der Waals surface area contributed by atoms with Gasteiger partial charge >= 0.3 is 0 Å². The van der Waals surface area contributed by atoms with Gasteiger partial charge in [0.1, 0.15) is 0 Å². The van der Waals surface area contributed by atoms with Crippen LogP contribution in [0.4, 0.5) is 17.8 Å². The van der Waals surface area contributed by atoms with Crippen molar-refractivity contribution in [3.63, 3.8) is 0 Å². The highest BCUT2D eigenvalue weighted by Crippen LogP contribution is 2.21. The summed E-state index contributed by atoms with van der Waals surface area (Å²) < 4.78 is 0. The molecule has 0 amide bonds. The molecule has 1 aliphatic rings. The Balaban J connectivity index is 2.10. The van der Waals surface area contributed by atoms with Gasteiger partial charge in [0.15, 0.2) is 0 Å². The van der Waals surface area contributed by atoms with Gasteiger partial charge in [0.2, 0.25) is 17.8 Å². The minimum atomic E-state index is 0.301. The molecule has 0 bridgehead atoms. The summed E-state index contributed by atoms with van der Waals surface area (Å²) in [6, 6.07) is 0.471. The van der Waals surface area contributed by atoms with E-state index in [1.54, 1.807) is 0 Å². The summed E-state index contributed by atoms with van der Waals surface area (Å²) in [6.45, 7) is 6.21. The SMILES string of the molecule is CCCN(CCC)c1nc(N)nc(NC2CCCCC2)n1. The maximum absolute atomic E-state index is 5.87. The summed E-state index contributed by atoms with van der Waals surface area (Å²) in [5, 5.41) is 3.43. The summed E-state index contributed by atoms with van der Waals surface area (Å²) in [7, 11) is 0. The Labute approximate surface area is 127 Å². The van der Waals surface area contributed by atoms with Crippen molar-refractivity contribution in [1.29, 1.82) is 0 Å². The maximum atomic E-state index is 5.87. The highest BCUT2D eigenvalue weighted by molar-refractivity contribution is 5.42. The molecule has 0 aromatic carbocycles. The van der Waals surface area contributed by atoms with Crippen LogP contribution in [0.5, 0.6) is 0 Å². The first-order chi connectivity index (χ1) is 10.2. The summed E-state index contributed by atoms with van der Waals surface area (Å²) in [4.78, 5) is 15.3. The van der Waals surface area contributed by atoms with E-state index in [4.69, 9.17) is 5.73 Å². The third-order valence-electron chi connectivity index (χ3n) is 3.85. The molecule has 0 saturated heterocycles. The predicted octanol–water partition coefficient (Wildman–Crippen LogP) is 2.82. The number of nitrogens with two attached hydrogens (primary N) is 1. The number of hydrogen-bond acceptors (Lipinski definition) is 6. The van der Waals surface area contributed by atoms with Crippen LogP contribution >= 0.6 is 0 Å². The fourth-order valence-corrected chi connectivity index (χ4v) is 2.87. The van der Waals surface area contributed by atoms with Gasteiger partial charge in [0.05, 0.1) is 0 Å². The Kier molecular flexibility index (Phi) is 6.02. The summed E-state index contributed by atoms with van der Waals surface area (Å²) in [5.74, 6) is 1.63. The van der Waals surface area contributed by atoms with E-state index >= 15 is 0 Å². The van der Waals surface area contributed by atoms with Crippen molar-refractivity contribution in [2.24, 2.45) is 0 Å². The zero-order valence-electron chi connectivity index (χ0n) is 13.3. The smallest absolute Gasteiger partial charge is 0.231 e. The highest BCUT2D eigenvalue weighted by atomic mass is 15.3. The molecule has 0 aliphatic heterocycles. The van der Waals surface area contributed by atoms with Crippen molar-refractivity contribution in [2.45, 2.75) is 64.8 Å². The zero-order chi connectivity index (χ0) is 15.1. The Hall–Kier alpha value is -1.59. The Bertz CT molecular complexity index is 424. The maximum Gasteiger partial charge on any atom is 0.231 e. The first-order valence-electron chi connectivity index (χ1n) is 8.26. The summed E-state index contributed by atoms with van der Waals surface area (Å²) in [5.41, 5.74) is 5.87. The predicted molar refractivity (Wildman–Crippen MR) is 87.5 cm³/mol. The van der Waals surface area contributed by atoms with E-state index in [-0.39, 0.29) is 0 Å². The minimum absolute atomic E-state index is 0.301. The first-order valence-corrected chi connectivity index (χ1v) is 8.26. The molecule has 6 heteroatoms. The van der Waals surface area contributed by atoms with Crippen LogP contribution in [0.2, 0.25) is 0 Å². The second kappa shape index (κ2) is 8.00. The summed E-state index contributed by atoms with van der Waals surface area (Å²) in [6.07, 6.45) is 8.41.